The molecule has 4 nitrogen and oxygen atoms in total. The van der Waals surface area contributed by atoms with Crippen LogP contribution in [0.3, 0.4) is 0 Å². The number of alkyl halides is 2. The van der Waals surface area contributed by atoms with Crippen LogP contribution < -0.4 is 0 Å². The number of hydrogen-bond acceptors (Lipinski definition) is 2. The number of carbonyl (C=O) groups excluding carboxylic acids is 1. The lowest BCUT2D eigenvalue weighted by molar-refractivity contribution is -0.125. The van der Waals surface area contributed by atoms with Crippen LogP contribution >= 0.6 is 11.6 Å². The van der Waals surface area contributed by atoms with Gasteiger partial charge in [0.25, 0.3) is 0 Å². The predicted molar refractivity (Wildman–Crippen MR) is 80.4 cm³/mol. The molecule has 0 saturated heterocycles. The van der Waals surface area contributed by atoms with E-state index in [1.807, 2.05) is 0 Å². The van der Waals surface area contributed by atoms with Crippen molar-refractivity contribution >= 4 is 23.6 Å². The molecule has 0 radical (unpaired) electrons. The van der Waals surface area contributed by atoms with Gasteiger partial charge in [0.05, 0.1) is 6.54 Å². The van der Waals surface area contributed by atoms with Crippen molar-refractivity contribution in [3.8, 4) is 0 Å². The number of nitrogens with zero attached hydrogens (tertiary/aromatic N) is 3. The fraction of sp³-hybridized carbons (Fsp3) is 0.200. The molecule has 0 aliphatic heterocycles. The maximum Gasteiger partial charge on any atom is 0.319 e. The van der Waals surface area contributed by atoms with Crippen LogP contribution in [0.25, 0.3) is 6.08 Å². The Kier molecular flexibility index (Phi) is 5.27. The molecule has 22 heavy (non-hydrogen) atoms. The molecule has 0 fully saturated rings. The minimum Gasteiger partial charge on any atom is -0.335 e. The standard InChI is InChI=1S/C15H14ClF2N3O/c1-20(10-13-19-7-8-21(13)15(17)18)14(22)6-5-11-3-2-4-12(16)9-11/h2-9,15H,10H2,1H3/b6-5+. The van der Waals surface area contributed by atoms with E-state index in [0.717, 1.165) is 10.1 Å². The molecular weight excluding hydrogens is 312 g/mol. The molecule has 2 aromatic rings. The van der Waals surface area contributed by atoms with E-state index in [0.29, 0.717) is 5.02 Å². The molecule has 1 aromatic carbocycles. The summed E-state index contributed by atoms with van der Waals surface area (Å²) in [4.78, 5) is 17.1. The van der Waals surface area contributed by atoms with Crippen molar-refractivity contribution in [2.45, 2.75) is 13.1 Å². The number of aromatic nitrogens is 2. The van der Waals surface area contributed by atoms with Gasteiger partial charge in [-0.3, -0.25) is 9.36 Å². The minimum atomic E-state index is -2.68. The molecule has 0 spiro atoms. The fourth-order valence-electron chi connectivity index (χ4n) is 1.84. The maximum atomic E-state index is 12.7. The maximum absolute atomic E-state index is 12.7. The van der Waals surface area contributed by atoms with Gasteiger partial charge < -0.3 is 4.90 Å². The number of rotatable bonds is 5. The smallest absolute Gasteiger partial charge is 0.319 e. The monoisotopic (exact) mass is 325 g/mol. The fourth-order valence-corrected chi connectivity index (χ4v) is 2.04. The van der Waals surface area contributed by atoms with E-state index in [-0.39, 0.29) is 18.3 Å². The van der Waals surface area contributed by atoms with Crippen molar-refractivity contribution in [3.05, 3.63) is 59.1 Å². The molecule has 0 bridgehead atoms. The molecule has 1 heterocycles. The number of benzene rings is 1. The highest BCUT2D eigenvalue weighted by molar-refractivity contribution is 6.30. The van der Waals surface area contributed by atoms with Gasteiger partial charge in [0, 0.05) is 30.5 Å². The zero-order valence-corrected chi connectivity index (χ0v) is 12.5. The van der Waals surface area contributed by atoms with E-state index in [1.54, 1.807) is 30.3 Å². The van der Waals surface area contributed by atoms with E-state index >= 15 is 0 Å². The first-order valence-corrected chi connectivity index (χ1v) is 6.84. The third-order valence-corrected chi connectivity index (χ3v) is 3.22. The molecule has 0 N–H and O–H groups in total. The zero-order valence-electron chi connectivity index (χ0n) is 11.8. The average Bonchev–Trinajstić information content (AvgIpc) is 2.93. The number of likely N-dealkylation sites (N-methyl/N-ethyl adjacent to an activating group) is 1. The first-order chi connectivity index (χ1) is 10.5. The Balaban J connectivity index is 2.01. The first-order valence-electron chi connectivity index (χ1n) is 6.46. The minimum absolute atomic E-state index is 0.00391. The Morgan fingerprint density at radius 3 is 2.95 bits per heavy atom. The predicted octanol–water partition coefficient (Wildman–Crippen LogP) is 3.60. The van der Waals surface area contributed by atoms with E-state index in [9.17, 15) is 13.6 Å². The molecule has 1 amide bonds. The van der Waals surface area contributed by atoms with Crippen molar-refractivity contribution in [3.63, 3.8) is 0 Å². The van der Waals surface area contributed by atoms with Crippen molar-refractivity contribution in [1.82, 2.24) is 14.5 Å². The third kappa shape index (κ3) is 4.14. The number of imidazole rings is 1. The normalized spacial score (nSPS) is 11.3. The van der Waals surface area contributed by atoms with Gasteiger partial charge in [-0.2, -0.15) is 8.78 Å². The van der Waals surface area contributed by atoms with E-state index < -0.39 is 6.55 Å². The Labute approximate surface area is 131 Å². The summed E-state index contributed by atoms with van der Waals surface area (Å²) in [5, 5.41) is 0.571. The third-order valence-electron chi connectivity index (χ3n) is 2.98. The SMILES string of the molecule is CN(Cc1nccn1C(F)F)C(=O)/C=C/c1cccc(Cl)c1. The van der Waals surface area contributed by atoms with Gasteiger partial charge in [-0.25, -0.2) is 4.98 Å². The van der Waals surface area contributed by atoms with Crippen LogP contribution in [0.15, 0.2) is 42.7 Å². The highest BCUT2D eigenvalue weighted by Crippen LogP contribution is 2.14. The molecule has 0 unspecified atom stereocenters. The van der Waals surface area contributed by atoms with Crippen LogP contribution in [0.4, 0.5) is 8.78 Å². The van der Waals surface area contributed by atoms with Crippen LogP contribution in [0.1, 0.15) is 17.9 Å². The molecule has 0 aliphatic carbocycles. The second kappa shape index (κ2) is 7.17. The molecule has 0 atom stereocenters. The summed E-state index contributed by atoms with van der Waals surface area (Å²) < 4.78 is 26.2. The molecule has 2 rings (SSSR count). The van der Waals surface area contributed by atoms with Gasteiger partial charge in [-0.1, -0.05) is 23.7 Å². The summed E-state index contributed by atoms with van der Waals surface area (Å²) >= 11 is 5.85. The molecule has 1 aromatic heterocycles. The lowest BCUT2D eigenvalue weighted by atomic mass is 10.2. The van der Waals surface area contributed by atoms with Crippen molar-refractivity contribution in [2.75, 3.05) is 7.05 Å². The summed E-state index contributed by atoms with van der Waals surface area (Å²) in [5.74, 6) is -0.189. The lowest BCUT2D eigenvalue weighted by Gasteiger charge is -2.15. The molecular formula is C15H14ClF2N3O. The summed E-state index contributed by atoms with van der Waals surface area (Å²) in [6.07, 6.45) is 5.44. The first kappa shape index (κ1) is 16.2. The number of halogens is 3. The lowest BCUT2D eigenvalue weighted by Crippen LogP contribution is -2.26. The number of carbonyl (C=O) groups is 1. The van der Waals surface area contributed by atoms with Gasteiger partial charge in [-0.05, 0) is 23.8 Å². The highest BCUT2D eigenvalue weighted by atomic mass is 35.5. The molecule has 7 heteroatoms. The Morgan fingerprint density at radius 2 is 2.27 bits per heavy atom. The molecule has 116 valence electrons. The number of hydrogen-bond donors (Lipinski definition) is 0. The van der Waals surface area contributed by atoms with Gasteiger partial charge >= 0.3 is 6.55 Å². The Hall–Kier alpha value is -2.21. The van der Waals surface area contributed by atoms with Crippen molar-refractivity contribution in [2.24, 2.45) is 0 Å². The van der Waals surface area contributed by atoms with E-state index in [1.165, 1.54) is 30.4 Å². The van der Waals surface area contributed by atoms with Crippen LogP contribution in [-0.2, 0) is 11.3 Å². The van der Waals surface area contributed by atoms with Crippen LogP contribution in [0.2, 0.25) is 5.02 Å². The summed E-state index contributed by atoms with van der Waals surface area (Å²) in [6, 6.07) is 7.03. The molecule has 0 aliphatic rings. The van der Waals surface area contributed by atoms with Gasteiger partial charge in [-0.15, -0.1) is 0 Å². The summed E-state index contributed by atoms with van der Waals surface area (Å²) in [7, 11) is 1.52. The highest BCUT2D eigenvalue weighted by Gasteiger charge is 2.14. The second-order valence-corrected chi connectivity index (χ2v) is 5.05. The Morgan fingerprint density at radius 1 is 1.50 bits per heavy atom. The van der Waals surface area contributed by atoms with Gasteiger partial charge in [0.1, 0.15) is 5.82 Å². The van der Waals surface area contributed by atoms with Crippen LogP contribution in [-0.4, -0.2) is 27.4 Å². The van der Waals surface area contributed by atoms with Gasteiger partial charge in [0.15, 0.2) is 0 Å². The van der Waals surface area contributed by atoms with Crippen molar-refractivity contribution in [1.29, 1.82) is 0 Å². The summed E-state index contributed by atoms with van der Waals surface area (Å²) in [6.45, 7) is -2.68. The average molecular weight is 326 g/mol. The second-order valence-electron chi connectivity index (χ2n) is 4.61. The Bertz CT molecular complexity index is 685. The zero-order chi connectivity index (χ0) is 16.1. The quantitative estimate of drug-likeness (QED) is 0.788. The van der Waals surface area contributed by atoms with E-state index in [4.69, 9.17) is 11.6 Å². The topological polar surface area (TPSA) is 38.1 Å². The molecule has 0 saturated carbocycles. The van der Waals surface area contributed by atoms with Crippen molar-refractivity contribution < 1.29 is 13.6 Å². The summed E-state index contributed by atoms with van der Waals surface area (Å²) in [5.41, 5.74) is 0.781. The van der Waals surface area contributed by atoms with Gasteiger partial charge in [0.2, 0.25) is 5.91 Å². The largest absolute Gasteiger partial charge is 0.335 e. The van der Waals surface area contributed by atoms with E-state index in [2.05, 4.69) is 4.98 Å². The van der Waals surface area contributed by atoms with Crippen LogP contribution in [0, 0.1) is 0 Å². The van der Waals surface area contributed by atoms with Crippen LogP contribution in [0.5, 0.6) is 0 Å². The number of amides is 1.